The molecule has 0 aliphatic heterocycles. The van der Waals surface area contributed by atoms with Gasteiger partial charge < -0.3 is 10.1 Å². The van der Waals surface area contributed by atoms with Crippen LogP contribution >= 0.6 is 11.6 Å². The van der Waals surface area contributed by atoms with Crippen molar-refractivity contribution in [3.05, 3.63) is 29.0 Å². The lowest BCUT2D eigenvalue weighted by atomic mass is 10.0. The third kappa shape index (κ3) is 3.98. The molecule has 1 amide bonds. The molecule has 0 bridgehead atoms. The predicted molar refractivity (Wildman–Crippen MR) is 67.2 cm³/mol. The van der Waals surface area contributed by atoms with Crippen LogP contribution < -0.4 is 5.32 Å². The van der Waals surface area contributed by atoms with Crippen LogP contribution in [-0.2, 0) is 4.74 Å². The second-order valence-corrected chi connectivity index (χ2v) is 4.54. The summed E-state index contributed by atoms with van der Waals surface area (Å²) in [5, 5.41) is 3.25. The second kappa shape index (κ2) is 6.57. The number of methoxy groups -OCH3 is 1. The first-order valence-corrected chi connectivity index (χ1v) is 5.83. The van der Waals surface area contributed by atoms with E-state index in [1.807, 2.05) is 13.8 Å². The zero-order valence-corrected chi connectivity index (χ0v) is 11.0. The van der Waals surface area contributed by atoms with E-state index in [1.165, 1.54) is 6.20 Å². The van der Waals surface area contributed by atoms with Gasteiger partial charge in [-0.15, -0.1) is 0 Å². The van der Waals surface area contributed by atoms with E-state index in [-0.39, 0.29) is 11.9 Å². The molecule has 1 rings (SSSR count). The van der Waals surface area contributed by atoms with Gasteiger partial charge in [-0.2, -0.15) is 0 Å². The Morgan fingerprint density at radius 1 is 1.59 bits per heavy atom. The Morgan fingerprint density at radius 2 is 2.29 bits per heavy atom. The number of ether oxygens (including phenoxy) is 1. The summed E-state index contributed by atoms with van der Waals surface area (Å²) in [5.74, 6) is 0.0904. The molecule has 1 unspecified atom stereocenters. The summed E-state index contributed by atoms with van der Waals surface area (Å²) in [4.78, 5) is 15.8. The van der Waals surface area contributed by atoms with Gasteiger partial charge >= 0.3 is 0 Å². The molecule has 5 heteroatoms. The molecule has 0 radical (unpaired) electrons. The molecule has 0 aliphatic carbocycles. The van der Waals surface area contributed by atoms with Gasteiger partial charge in [0.2, 0.25) is 0 Å². The van der Waals surface area contributed by atoms with Crippen LogP contribution in [0.4, 0.5) is 0 Å². The van der Waals surface area contributed by atoms with Gasteiger partial charge in [0, 0.05) is 19.5 Å². The molecule has 1 heterocycles. The van der Waals surface area contributed by atoms with Crippen molar-refractivity contribution >= 4 is 17.5 Å². The summed E-state index contributed by atoms with van der Waals surface area (Å²) in [5.41, 5.74) is 0.434. The van der Waals surface area contributed by atoms with Crippen LogP contribution in [-0.4, -0.2) is 30.6 Å². The monoisotopic (exact) mass is 256 g/mol. The SMILES string of the molecule is COCC(NC(=O)c1ccncc1Cl)C(C)C. The predicted octanol–water partition coefficient (Wildman–Crippen LogP) is 2.14. The molecule has 1 aromatic heterocycles. The zero-order chi connectivity index (χ0) is 12.8. The average Bonchev–Trinajstić information content (AvgIpc) is 2.28. The second-order valence-electron chi connectivity index (χ2n) is 4.13. The molecule has 0 fully saturated rings. The van der Waals surface area contributed by atoms with Gasteiger partial charge in [0.25, 0.3) is 5.91 Å². The van der Waals surface area contributed by atoms with E-state index in [4.69, 9.17) is 16.3 Å². The van der Waals surface area contributed by atoms with Gasteiger partial charge in [-0.3, -0.25) is 9.78 Å². The Bertz CT molecular complexity index is 383. The summed E-state index contributed by atoms with van der Waals surface area (Å²) < 4.78 is 5.07. The summed E-state index contributed by atoms with van der Waals surface area (Å²) in [6.45, 7) is 4.53. The summed E-state index contributed by atoms with van der Waals surface area (Å²) in [7, 11) is 1.61. The normalized spacial score (nSPS) is 12.5. The van der Waals surface area contributed by atoms with E-state index in [0.717, 1.165) is 0 Å². The first kappa shape index (κ1) is 13.9. The Labute approximate surface area is 106 Å². The highest BCUT2D eigenvalue weighted by atomic mass is 35.5. The van der Waals surface area contributed by atoms with Crippen LogP contribution in [0.15, 0.2) is 18.5 Å². The van der Waals surface area contributed by atoms with Gasteiger partial charge in [0.1, 0.15) is 0 Å². The van der Waals surface area contributed by atoms with Crippen molar-refractivity contribution in [2.45, 2.75) is 19.9 Å². The number of carbonyl (C=O) groups excluding carboxylic acids is 1. The Balaban J connectivity index is 2.74. The van der Waals surface area contributed by atoms with Crippen molar-refractivity contribution in [2.75, 3.05) is 13.7 Å². The van der Waals surface area contributed by atoms with Crippen molar-refractivity contribution in [1.29, 1.82) is 0 Å². The van der Waals surface area contributed by atoms with E-state index in [9.17, 15) is 4.79 Å². The number of nitrogens with one attached hydrogen (secondary N) is 1. The molecule has 1 aromatic rings. The molecule has 17 heavy (non-hydrogen) atoms. The van der Waals surface area contributed by atoms with Crippen molar-refractivity contribution in [1.82, 2.24) is 10.3 Å². The Hall–Kier alpha value is -1.13. The largest absolute Gasteiger partial charge is 0.383 e. The fraction of sp³-hybridized carbons (Fsp3) is 0.500. The van der Waals surface area contributed by atoms with Crippen LogP contribution in [0.1, 0.15) is 24.2 Å². The number of hydrogen-bond acceptors (Lipinski definition) is 3. The number of hydrogen-bond donors (Lipinski definition) is 1. The number of amides is 1. The summed E-state index contributed by atoms with van der Waals surface area (Å²) in [6.07, 6.45) is 3.00. The molecule has 0 aromatic carbocycles. The highest BCUT2D eigenvalue weighted by Gasteiger charge is 2.18. The number of rotatable bonds is 5. The molecular formula is C12H17ClN2O2. The lowest BCUT2D eigenvalue weighted by molar-refractivity contribution is 0.0866. The zero-order valence-electron chi connectivity index (χ0n) is 10.2. The molecular weight excluding hydrogens is 240 g/mol. The van der Waals surface area contributed by atoms with Crippen molar-refractivity contribution in [3.63, 3.8) is 0 Å². The van der Waals surface area contributed by atoms with Crippen molar-refractivity contribution in [2.24, 2.45) is 5.92 Å². The minimum atomic E-state index is -0.201. The standard InChI is InChI=1S/C12H17ClN2O2/c1-8(2)11(7-17-3)15-12(16)9-4-5-14-6-10(9)13/h4-6,8,11H,7H2,1-3H3,(H,15,16). The fourth-order valence-corrected chi connectivity index (χ4v) is 1.59. The summed E-state index contributed by atoms with van der Waals surface area (Å²) in [6, 6.07) is 1.57. The third-order valence-corrected chi connectivity index (χ3v) is 2.79. The average molecular weight is 257 g/mol. The molecule has 0 saturated carbocycles. The quantitative estimate of drug-likeness (QED) is 0.878. The van der Waals surface area contributed by atoms with Crippen LogP contribution in [0.5, 0.6) is 0 Å². The first-order chi connectivity index (χ1) is 8.06. The fourth-order valence-electron chi connectivity index (χ4n) is 1.39. The van der Waals surface area contributed by atoms with Crippen molar-refractivity contribution in [3.8, 4) is 0 Å². The van der Waals surface area contributed by atoms with E-state index < -0.39 is 0 Å². The van der Waals surface area contributed by atoms with Gasteiger partial charge in [-0.1, -0.05) is 25.4 Å². The topological polar surface area (TPSA) is 51.2 Å². The maximum absolute atomic E-state index is 12.0. The Kier molecular flexibility index (Phi) is 5.38. The highest BCUT2D eigenvalue weighted by molar-refractivity contribution is 6.33. The number of halogens is 1. The lowest BCUT2D eigenvalue weighted by Crippen LogP contribution is -2.41. The van der Waals surface area contributed by atoms with Gasteiger partial charge in [0.05, 0.1) is 23.2 Å². The van der Waals surface area contributed by atoms with E-state index in [2.05, 4.69) is 10.3 Å². The van der Waals surface area contributed by atoms with Gasteiger partial charge in [-0.05, 0) is 12.0 Å². The minimum Gasteiger partial charge on any atom is -0.383 e. The molecule has 4 nitrogen and oxygen atoms in total. The minimum absolute atomic E-state index is 0.0308. The van der Waals surface area contributed by atoms with Crippen LogP contribution in [0.25, 0.3) is 0 Å². The number of aromatic nitrogens is 1. The molecule has 0 saturated heterocycles. The van der Waals surface area contributed by atoms with Crippen LogP contribution in [0.2, 0.25) is 5.02 Å². The molecule has 0 aliphatic rings. The van der Waals surface area contributed by atoms with E-state index >= 15 is 0 Å². The van der Waals surface area contributed by atoms with E-state index in [0.29, 0.717) is 23.1 Å². The smallest absolute Gasteiger partial charge is 0.253 e. The van der Waals surface area contributed by atoms with Crippen LogP contribution in [0, 0.1) is 5.92 Å². The number of pyridine rings is 1. The molecule has 1 atom stereocenters. The molecule has 0 spiro atoms. The van der Waals surface area contributed by atoms with Crippen molar-refractivity contribution < 1.29 is 9.53 Å². The summed E-state index contributed by atoms with van der Waals surface area (Å²) >= 11 is 5.90. The number of nitrogens with zero attached hydrogens (tertiary/aromatic N) is 1. The van der Waals surface area contributed by atoms with Crippen LogP contribution in [0.3, 0.4) is 0 Å². The third-order valence-electron chi connectivity index (χ3n) is 2.48. The maximum atomic E-state index is 12.0. The molecule has 94 valence electrons. The van der Waals surface area contributed by atoms with E-state index in [1.54, 1.807) is 19.4 Å². The number of carbonyl (C=O) groups is 1. The van der Waals surface area contributed by atoms with Gasteiger partial charge in [0.15, 0.2) is 0 Å². The Morgan fingerprint density at radius 3 is 2.82 bits per heavy atom. The lowest BCUT2D eigenvalue weighted by Gasteiger charge is -2.21. The maximum Gasteiger partial charge on any atom is 0.253 e. The molecule has 1 N–H and O–H groups in total. The highest BCUT2D eigenvalue weighted by Crippen LogP contribution is 2.14. The van der Waals surface area contributed by atoms with Gasteiger partial charge in [-0.25, -0.2) is 0 Å². The first-order valence-electron chi connectivity index (χ1n) is 5.45.